The van der Waals surface area contributed by atoms with Gasteiger partial charge in [0.2, 0.25) is 35.4 Å². The molecule has 18 heteroatoms. The normalized spacial score (nSPS) is 16.6. The van der Waals surface area contributed by atoms with Crippen molar-refractivity contribution in [2.24, 2.45) is 33.8 Å². The van der Waals surface area contributed by atoms with E-state index >= 15 is 0 Å². The van der Waals surface area contributed by atoms with Gasteiger partial charge < -0.3 is 59.1 Å². The van der Waals surface area contributed by atoms with E-state index in [0.717, 1.165) is 72.3 Å². The Morgan fingerprint density at radius 1 is 0.716 bits per heavy atom. The molecule has 0 spiro atoms. The Morgan fingerprint density at radius 3 is 1.96 bits per heavy atom. The molecule has 1 fully saturated rings. The molecule has 6 rings (SSSR count). The van der Waals surface area contributed by atoms with Crippen molar-refractivity contribution in [1.29, 1.82) is 0 Å². The van der Waals surface area contributed by atoms with E-state index in [0.29, 0.717) is 25.2 Å². The number of hydrogen-bond acceptors (Lipinski definition) is 10. The number of piperidine rings is 1. The van der Waals surface area contributed by atoms with Crippen LogP contribution in [0, 0.1) is 19.8 Å². The number of likely N-dealkylation sites (tertiary alicyclic amines) is 1. The SMILES string of the molecule is Cc1cc(O)cc(C)c1C[C@H](N)C(=O)N[C@H](CCCN=C(N)N)C(=O)N[C@H]1Cc2ccccc2CN(CCC(=O)N[C@@H](CCCN2CCC(Cc3ccccc3)CC2)C(=O)N[C@@H](Cc2ccccc2)C(N)=O)C1=O. The standard InChI is InChI=1S/C56H75N11O7/c1-36-29-43(68)30-37(2)44(36)34-45(57)52(71)63-47(19-11-24-61-56(59)60)54(73)65-49-33-41-17-9-10-18-42(41)35-67(55(49)74)28-23-50(69)62-46(53(72)64-48(51(58)70)32-39-15-7-4-8-16-39)20-12-25-66-26-21-40(22-27-66)31-38-13-5-3-6-14-38/h3-10,13-18,29-30,40,45-49,68H,11-12,19-28,31-35,57H2,1-2H3,(H2,58,70)(H,62,69)(H,63,71)(H,64,72)(H,65,73)(H4,59,60,61)/t45-,46-,47+,48-,49-/m0/s1. The van der Waals surface area contributed by atoms with Gasteiger partial charge in [-0.2, -0.15) is 0 Å². The average molecular weight is 1010 g/mol. The topological polar surface area (TPSA) is 294 Å². The maximum Gasteiger partial charge on any atom is 0.245 e. The minimum absolute atomic E-state index is 0.0425. The number of rotatable bonds is 25. The zero-order valence-corrected chi connectivity index (χ0v) is 42.8. The van der Waals surface area contributed by atoms with Gasteiger partial charge in [0.15, 0.2) is 5.96 Å². The van der Waals surface area contributed by atoms with Crippen LogP contribution in [0.4, 0.5) is 0 Å². The molecular formula is C56H75N11O7. The number of aryl methyl sites for hydroxylation is 2. The molecule has 4 aromatic rings. The van der Waals surface area contributed by atoms with E-state index in [1.165, 1.54) is 10.5 Å². The van der Waals surface area contributed by atoms with Crippen LogP contribution in [0.5, 0.6) is 5.75 Å². The first-order valence-corrected chi connectivity index (χ1v) is 25.8. The second-order valence-corrected chi connectivity index (χ2v) is 19.8. The Bertz CT molecular complexity index is 2540. The number of carbonyl (C=O) groups excluding carboxylic acids is 6. The fourth-order valence-electron chi connectivity index (χ4n) is 9.95. The molecule has 1 saturated heterocycles. The highest BCUT2D eigenvalue weighted by molar-refractivity contribution is 5.94. The maximum atomic E-state index is 14.5. The zero-order chi connectivity index (χ0) is 53.1. The van der Waals surface area contributed by atoms with Gasteiger partial charge in [-0.1, -0.05) is 84.9 Å². The molecule has 0 radical (unpaired) electrons. The second kappa shape index (κ2) is 27.7. The summed E-state index contributed by atoms with van der Waals surface area (Å²) in [6, 6.07) is 25.1. The first-order valence-electron chi connectivity index (χ1n) is 25.8. The Hall–Kier alpha value is -7.31. The van der Waals surface area contributed by atoms with Crippen molar-refractivity contribution in [1.82, 2.24) is 31.1 Å². The monoisotopic (exact) mass is 1010 g/mol. The summed E-state index contributed by atoms with van der Waals surface area (Å²) < 4.78 is 0. The fourth-order valence-corrected chi connectivity index (χ4v) is 9.95. The van der Waals surface area contributed by atoms with E-state index < -0.39 is 65.7 Å². The lowest BCUT2D eigenvalue weighted by Crippen LogP contribution is -2.56. The van der Waals surface area contributed by atoms with E-state index in [1.807, 2.05) is 74.5 Å². The van der Waals surface area contributed by atoms with Gasteiger partial charge in [-0.3, -0.25) is 33.8 Å². The summed E-state index contributed by atoms with van der Waals surface area (Å²) in [7, 11) is 0. The minimum Gasteiger partial charge on any atom is -0.508 e. The molecule has 2 heterocycles. The van der Waals surface area contributed by atoms with Crippen molar-refractivity contribution in [2.45, 2.75) is 121 Å². The third kappa shape index (κ3) is 17.2. The van der Waals surface area contributed by atoms with Crippen LogP contribution in [0.25, 0.3) is 0 Å². The number of hydrogen-bond donors (Lipinski definition) is 9. The maximum absolute atomic E-state index is 14.5. The number of guanidine groups is 1. The second-order valence-electron chi connectivity index (χ2n) is 19.8. The number of nitrogens with two attached hydrogens (primary N) is 4. The smallest absolute Gasteiger partial charge is 0.245 e. The van der Waals surface area contributed by atoms with Crippen molar-refractivity contribution in [3.05, 3.63) is 136 Å². The summed E-state index contributed by atoms with van der Waals surface area (Å²) >= 11 is 0. The molecule has 0 bridgehead atoms. The van der Waals surface area contributed by atoms with Gasteiger partial charge in [0.25, 0.3) is 0 Å². The number of benzene rings is 4. The zero-order valence-electron chi connectivity index (χ0n) is 42.8. The summed E-state index contributed by atoms with van der Waals surface area (Å²) in [5, 5.41) is 21.4. The molecule has 0 aromatic heterocycles. The van der Waals surface area contributed by atoms with Gasteiger partial charge in [-0.05, 0) is 142 Å². The molecule has 2 aliphatic heterocycles. The Kier molecular flexibility index (Phi) is 20.9. The van der Waals surface area contributed by atoms with Gasteiger partial charge in [0.05, 0.1) is 6.04 Å². The van der Waals surface area contributed by atoms with E-state index in [9.17, 15) is 33.9 Å². The number of primary amides is 1. The van der Waals surface area contributed by atoms with Gasteiger partial charge in [-0.15, -0.1) is 0 Å². The molecule has 0 saturated carbocycles. The summed E-state index contributed by atoms with van der Waals surface area (Å²) in [6.07, 6.45) is 4.80. The molecule has 0 unspecified atom stereocenters. The highest BCUT2D eigenvalue weighted by Gasteiger charge is 2.34. The number of fused-ring (bicyclic) bond motifs is 1. The lowest BCUT2D eigenvalue weighted by atomic mass is 9.90. The van der Waals surface area contributed by atoms with Crippen LogP contribution >= 0.6 is 0 Å². The lowest BCUT2D eigenvalue weighted by molar-refractivity contribution is -0.138. The van der Waals surface area contributed by atoms with Crippen molar-refractivity contribution in [3.63, 3.8) is 0 Å². The highest BCUT2D eigenvalue weighted by Crippen LogP contribution is 2.24. The molecule has 5 atom stereocenters. The third-order valence-electron chi connectivity index (χ3n) is 14.1. The number of aromatic hydroxyl groups is 1. The Balaban J connectivity index is 1.12. The predicted molar refractivity (Wildman–Crippen MR) is 285 cm³/mol. The molecule has 6 amide bonds. The average Bonchev–Trinajstić information content (AvgIpc) is 3.50. The third-order valence-corrected chi connectivity index (χ3v) is 14.1. The summed E-state index contributed by atoms with van der Waals surface area (Å²) in [5.74, 6) is -2.78. The Morgan fingerprint density at radius 2 is 1.31 bits per heavy atom. The number of nitrogens with one attached hydrogen (secondary N) is 4. The van der Waals surface area contributed by atoms with Gasteiger partial charge >= 0.3 is 0 Å². The first-order chi connectivity index (χ1) is 35.5. The highest BCUT2D eigenvalue weighted by atomic mass is 16.3. The van der Waals surface area contributed by atoms with Crippen LogP contribution in [-0.4, -0.2) is 119 Å². The molecule has 74 heavy (non-hydrogen) atoms. The summed E-state index contributed by atoms with van der Waals surface area (Å²) in [5.41, 5.74) is 29.4. The molecule has 2 aliphatic rings. The number of amides is 6. The van der Waals surface area contributed by atoms with E-state index in [2.05, 4.69) is 55.4 Å². The number of phenolic OH excluding ortho intramolecular Hbond substituents is 1. The predicted octanol–water partition coefficient (Wildman–Crippen LogP) is 2.31. The fraction of sp³-hybridized carbons (Fsp3) is 0.446. The largest absolute Gasteiger partial charge is 0.508 e. The molecule has 4 aromatic carbocycles. The number of phenols is 1. The quantitative estimate of drug-likeness (QED) is 0.0264. The van der Waals surface area contributed by atoms with Crippen molar-refractivity contribution >= 4 is 41.4 Å². The van der Waals surface area contributed by atoms with E-state index in [-0.39, 0.29) is 63.4 Å². The van der Waals surface area contributed by atoms with Crippen LogP contribution in [0.15, 0.2) is 102 Å². The first kappa shape index (κ1) is 56.0. The molecular weight excluding hydrogens is 939 g/mol. The number of nitrogens with zero attached hydrogens (tertiary/aromatic N) is 3. The summed E-state index contributed by atoms with van der Waals surface area (Å²) in [4.78, 5) is 91.0. The van der Waals surface area contributed by atoms with E-state index in [1.54, 1.807) is 12.1 Å². The number of carbonyl (C=O) groups is 6. The van der Waals surface area contributed by atoms with Crippen LogP contribution in [0.3, 0.4) is 0 Å². The van der Waals surface area contributed by atoms with Gasteiger partial charge in [0.1, 0.15) is 29.9 Å². The van der Waals surface area contributed by atoms with Crippen LogP contribution < -0.4 is 44.2 Å². The van der Waals surface area contributed by atoms with Crippen molar-refractivity contribution in [2.75, 3.05) is 32.7 Å². The molecule has 396 valence electrons. The number of aliphatic imine (C=N–C) groups is 1. The van der Waals surface area contributed by atoms with Crippen molar-refractivity contribution < 1.29 is 33.9 Å². The van der Waals surface area contributed by atoms with E-state index in [4.69, 9.17) is 22.9 Å². The van der Waals surface area contributed by atoms with Crippen molar-refractivity contribution in [3.8, 4) is 5.75 Å². The van der Waals surface area contributed by atoms with Crippen LogP contribution in [0.1, 0.15) is 83.9 Å². The van der Waals surface area contributed by atoms with Crippen LogP contribution in [0.2, 0.25) is 0 Å². The lowest BCUT2D eigenvalue weighted by Gasteiger charge is -2.32. The summed E-state index contributed by atoms with van der Waals surface area (Å²) in [6.45, 7) is 6.51. The minimum atomic E-state index is -1.12. The molecule has 18 nitrogen and oxygen atoms in total. The van der Waals surface area contributed by atoms with Gasteiger partial charge in [-0.25, -0.2) is 0 Å². The molecule has 13 N–H and O–H groups in total. The van der Waals surface area contributed by atoms with Gasteiger partial charge in [0, 0.05) is 38.9 Å². The van der Waals surface area contributed by atoms with Crippen LogP contribution in [-0.2, 0) is 61.0 Å². The molecule has 0 aliphatic carbocycles. The Labute approximate surface area is 434 Å².